The van der Waals surface area contributed by atoms with Crippen LogP contribution in [0, 0.1) is 0 Å². The smallest absolute Gasteiger partial charge is 0.416 e. The van der Waals surface area contributed by atoms with Crippen molar-refractivity contribution >= 4 is 17.5 Å². The van der Waals surface area contributed by atoms with Crippen molar-refractivity contribution in [3.05, 3.63) is 94.8 Å². The van der Waals surface area contributed by atoms with Crippen LogP contribution >= 0.6 is 0 Å². The zero-order valence-corrected chi connectivity index (χ0v) is 25.1. The van der Waals surface area contributed by atoms with Crippen LogP contribution in [0.25, 0.3) is 0 Å². The molecule has 0 aliphatic carbocycles. The van der Waals surface area contributed by atoms with Crippen LogP contribution in [-0.2, 0) is 36.9 Å². The number of hydrogen-bond donors (Lipinski definition) is 2. The Morgan fingerprint density at radius 3 is 2.49 bits per heavy atom. The van der Waals surface area contributed by atoms with Gasteiger partial charge in [0.15, 0.2) is 0 Å². The van der Waals surface area contributed by atoms with Crippen molar-refractivity contribution in [2.24, 2.45) is 0 Å². The van der Waals surface area contributed by atoms with Crippen molar-refractivity contribution in [1.82, 2.24) is 29.9 Å². The van der Waals surface area contributed by atoms with E-state index in [1.54, 1.807) is 47.6 Å². The van der Waals surface area contributed by atoms with Crippen molar-refractivity contribution in [2.75, 3.05) is 44.6 Å². The number of amides is 1. The molecule has 2 aromatic heterocycles. The van der Waals surface area contributed by atoms with E-state index >= 15 is 0 Å². The Morgan fingerprint density at radius 2 is 1.73 bits per heavy atom. The van der Waals surface area contributed by atoms with E-state index < -0.39 is 11.7 Å². The number of hydrogen-bond acceptors (Lipinski definition) is 7. The Bertz CT molecular complexity index is 1620. The van der Waals surface area contributed by atoms with E-state index in [0.29, 0.717) is 48.2 Å². The number of likely N-dealkylation sites (N-methyl/N-ethyl adjacent to an activating group) is 1. The van der Waals surface area contributed by atoms with E-state index in [0.717, 1.165) is 49.9 Å². The fourth-order valence-corrected chi connectivity index (χ4v) is 5.88. The molecule has 12 heteroatoms. The average molecular weight is 620 g/mol. The standard InChI is InChI=1S/C33H36F3N7O2/c1-2-41-13-15-42(16-14-41)21-25-4-3-23(17-29(25)33(34,35)36)18-32(44)43-12-9-24-5-6-27(19-26(24)22-43)45-28-7-10-37-31(20-28)39-30-8-11-38-40-30/h3-8,10-11,17,19-20H,2,9,12-16,18,21-22H2,1H3,(H2,37,38,39,40). The minimum Gasteiger partial charge on any atom is -0.457 e. The van der Waals surface area contributed by atoms with Gasteiger partial charge in [-0.05, 0) is 59.5 Å². The van der Waals surface area contributed by atoms with Crippen molar-refractivity contribution in [3.63, 3.8) is 0 Å². The minimum atomic E-state index is -4.50. The number of ether oxygens (including phenoxy) is 1. The van der Waals surface area contributed by atoms with Gasteiger partial charge in [-0.15, -0.1) is 0 Å². The Hall–Kier alpha value is -4.42. The molecular formula is C33H36F3N7O2. The number of piperazine rings is 1. The summed E-state index contributed by atoms with van der Waals surface area (Å²) < 4.78 is 48.4. The molecule has 2 aliphatic rings. The first kappa shape index (κ1) is 30.6. The molecule has 1 saturated heterocycles. The topological polar surface area (TPSA) is 89.6 Å². The largest absolute Gasteiger partial charge is 0.457 e. The molecule has 0 atom stereocenters. The number of carbonyl (C=O) groups is 1. The molecule has 236 valence electrons. The maximum Gasteiger partial charge on any atom is 0.416 e. The zero-order valence-electron chi connectivity index (χ0n) is 25.1. The van der Waals surface area contributed by atoms with Crippen LogP contribution in [0.4, 0.5) is 24.8 Å². The lowest BCUT2D eigenvalue weighted by Crippen LogP contribution is -2.45. The molecule has 0 radical (unpaired) electrons. The number of fused-ring (bicyclic) bond motifs is 1. The molecule has 0 saturated carbocycles. The number of nitrogens with zero attached hydrogens (tertiary/aromatic N) is 5. The van der Waals surface area contributed by atoms with E-state index in [1.807, 2.05) is 18.2 Å². The lowest BCUT2D eigenvalue weighted by atomic mass is 9.97. The Labute approximate surface area is 260 Å². The first-order valence-corrected chi connectivity index (χ1v) is 15.2. The van der Waals surface area contributed by atoms with Crippen molar-refractivity contribution in [1.29, 1.82) is 0 Å². The first-order valence-electron chi connectivity index (χ1n) is 15.2. The second-order valence-corrected chi connectivity index (χ2v) is 11.4. The Balaban J connectivity index is 1.10. The number of H-pyrrole nitrogens is 1. The van der Waals surface area contributed by atoms with Crippen LogP contribution in [0.15, 0.2) is 67.0 Å². The number of alkyl halides is 3. The van der Waals surface area contributed by atoms with Crippen LogP contribution in [0.1, 0.15) is 34.7 Å². The molecule has 2 aromatic carbocycles. The summed E-state index contributed by atoms with van der Waals surface area (Å²) in [5.41, 5.74) is 2.03. The highest BCUT2D eigenvalue weighted by Gasteiger charge is 2.34. The predicted molar refractivity (Wildman–Crippen MR) is 164 cm³/mol. The second-order valence-electron chi connectivity index (χ2n) is 11.4. The molecule has 9 nitrogen and oxygen atoms in total. The minimum absolute atomic E-state index is 0.0901. The Kier molecular flexibility index (Phi) is 9.04. The fourth-order valence-electron chi connectivity index (χ4n) is 5.88. The molecule has 4 heterocycles. The highest BCUT2D eigenvalue weighted by atomic mass is 19.4. The summed E-state index contributed by atoms with van der Waals surface area (Å²) in [7, 11) is 0. The quantitative estimate of drug-likeness (QED) is 0.251. The average Bonchev–Trinajstić information content (AvgIpc) is 3.54. The molecule has 6 rings (SSSR count). The number of nitrogens with one attached hydrogen (secondary N) is 2. The lowest BCUT2D eigenvalue weighted by Gasteiger charge is -2.34. The molecule has 0 unspecified atom stereocenters. The van der Waals surface area contributed by atoms with Gasteiger partial charge in [-0.3, -0.25) is 14.8 Å². The van der Waals surface area contributed by atoms with Crippen molar-refractivity contribution in [3.8, 4) is 11.5 Å². The number of rotatable bonds is 9. The van der Waals surface area contributed by atoms with E-state index in [9.17, 15) is 18.0 Å². The SMILES string of the molecule is CCN1CCN(Cc2ccc(CC(=O)N3CCc4ccc(Oc5ccnc(Nc6ccn[nH]6)c5)cc4C3)cc2C(F)(F)F)CC1. The van der Waals surface area contributed by atoms with Gasteiger partial charge in [-0.2, -0.15) is 18.3 Å². The fraction of sp³-hybridized carbons (Fsp3) is 0.364. The van der Waals surface area contributed by atoms with Gasteiger partial charge in [0.05, 0.1) is 18.2 Å². The highest BCUT2D eigenvalue weighted by Crippen LogP contribution is 2.34. The molecule has 0 bridgehead atoms. The van der Waals surface area contributed by atoms with Gasteiger partial charge in [-0.1, -0.05) is 25.1 Å². The maximum atomic E-state index is 14.1. The molecule has 2 aliphatic heterocycles. The number of benzene rings is 2. The van der Waals surface area contributed by atoms with Gasteiger partial charge < -0.3 is 19.9 Å². The summed E-state index contributed by atoms with van der Waals surface area (Å²) in [6.07, 6.45) is -0.654. The number of aromatic nitrogens is 3. The summed E-state index contributed by atoms with van der Waals surface area (Å²) in [6, 6.07) is 15.5. The lowest BCUT2D eigenvalue weighted by molar-refractivity contribution is -0.138. The maximum absolute atomic E-state index is 14.1. The first-order chi connectivity index (χ1) is 21.7. The third-order valence-electron chi connectivity index (χ3n) is 8.41. The monoisotopic (exact) mass is 619 g/mol. The summed E-state index contributed by atoms with van der Waals surface area (Å²) in [6.45, 7) is 7.33. The van der Waals surface area contributed by atoms with Crippen LogP contribution in [0.3, 0.4) is 0 Å². The summed E-state index contributed by atoms with van der Waals surface area (Å²) in [4.78, 5) is 23.7. The van der Waals surface area contributed by atoms with Gasteiger partial charge in [0.2, 0.25) is 5.91 Å². The third-order valence-corrected chi connectivity index (χ3v) is 8.41. The summed E-state index contributed by atoms with van der Waals surface area (Å²) >= 11 is 0. The summed E-state index contributed by atoms with van der Waals surface area (Å²) in [5.74, 6) is 2.28. The van der Waals surface area contributed by atoms with E-state index in [1.165, 1.54) is 0 Å². The predicted octanol–water partition coefficient (Wildman–Crippen LogP) is 5.62. The van der Waals surface area contributed by atoms with Gasteiger partial charge >= 0.3 is 6.18 Å². The second kappa shape index (κ2) is 13.3. The number of halogens is 3. The van der Waals surface area contributed by atoms with Crippen LogP contribution < -0.4 is 10.1 Å². The van der Waals surface area contributed by atoms with Crippen LogP contribution in [0.2, 0.25) is 0 Å². The number of carbonyl (C=O) groups excluding carboxylic acids is 1. The van der Waals surface area contributed by atoms with Gasteiger partial charge in [0.25, 0.3) is 0 Å². The molecule has 2 N–H and O–H groups in total. The molecule has 4 aromatic rings. The van der Waals surface area contributed by atoms with Crippen LogP contribution in [-0.4, -0.2) is 75.1 Å². The van der Waals surface area contributed by atoms with Crippen LogP contribution in [0.5, 0.6) is 11.5 Å². The molecule has 1 amide bonds. The Morgan fingerprint density at radius 1 is 0.933 bits per heavy atom. The summed E-state index contributed by atoms with van der Waals surface area (Å²) in [5, 5.41) is 9.84. The van der Waals surface area contributed by atoms with Crippen molar-refractivity contribution in [2.45, 2.75) is 39.0 Å². The third kappa shape index (κ3) is 7.63. The highest BCUT2D eigenvalue weighted by molar-refractivity contribution is 5.79. The molecular weight excluding hydrogens is 583 g/mol. The van der Waals surface area contributed by atoms with E-state index in [4.69, 9.17) is 4.74 Å². The van der Waals surface area contributed by atoms with E-state index in [2.05, 4.69) is 37.2 Å². The van der Waals surface area contributed by atoms with E-state index in [-0.39, 0.29) is 24.4 Å². The number of aromatic amines is 1. The van der Waals surface area contributed by atoms with Gasteiger partial charge in [-0.25, -0.2) is 4.98 Å². The zero-order chi connectivity index (χ0) is 31.4. The van der Waals surface area contributed by atoms with Gasteiger partial charge in [0, 0.05) is 64.1 Å². The van der Waals surface area contributed by atoms with Crippen molar-refractivity contribution < 1.29 is 22.7 Å². The molecule has 45 heavy (non-hydrogen) atoms. The molecule has 0 spiro atoms. The van der Waals surface area contributed by atoms with Gasteiger partial charge in [0.1, 0.15) is 23.1 Å². The number of pyridine rings is 1. The molecule has 1 fully saturated rings. The number of anilines is 2. The normalized spacial score (nSPS) is 16.0.